The highest BCUT2D eigenvalue weighted by Crippen LogP contribution is 2.44. The van der Waals surface area contributed by atoms with Crippen molar-refractivity contribution in [3.8, 4) is 11.1 Å². The lowest BCUT2D eigenvalue weighted by atomic mass is 9.98. The molecule has 0 fully saturated rings. The lowest BCUT2D eigenvalue weighted by molar-refractivity contribution is -0.170. The standard InChI is InChI=1S/C23H22F3N3O6/c24-23(25,26)18(9-21(32)33)29-20(31)11-27-19(30)10-28-22(34)35-12-17-15-7-3-1-5-13(15)14-6-2-4-8-16(14)17/h1-8,17-18H,9-12H2,(H,27,30)(H,28,34)(H,29,31)(H,32,33). The van der Waals surface area contributed by atoms with Crippen LogP contribution in [0, 0.1) is 0 Å². The van der Waals surface area contributed by atoms with Crippen molar-refractivity contribution < 1.29 is 42.2 Å². The molecule has 1 aliphatic carbocycles. The number of hydrogen-bond donors (Lipinski definition) is 4. The maximum atomic E-state index is 12.8. The zero-order valence-electron chi connectivity index (χ0n) is 18.2. The third-order valence-corrected chi connectivity index (χ3v) is 5.29. The molecule has 2 aromatic carbocycles. The number of ether oxygens (including phenoxy) is 1. The number of halogens is 3. The first-order valence-electron chi connectivity index (χ1n) is 10.5. The maximum absolute atomic E-state index is 12.8. The van der Waals surface area contributed by atoms with E-state index in [1.165, 1.54) is 5.32 Å². The number of carboxylic acid groups (broad SMARTS) is 1. The zero-order valence-corrected chi connectivity index (χ0v) is 18.2. The van der Waals surface area contributed by atoms with Crippen LogP contribution in [-0.2, 0) is 19.1 Å². The lowest BCUT2D eigenvalue weighted by Crippen LogP contribution is -2.50. The highest BCUT2D eigenvalue weighted by Gasteiger charge is 2.42. The number of carbonyl (C=O) groups excluding carboxylic acids is 3. The first-order valence-corrected chi connectivity index (χ1v) is 10.5. The number of alkyl halides is 3. The van der Waals surface area contributed by atoms with Crippen molar-refractivity contribution in [3.05, 3.63) is 59.7 Å². The highest BCUT2D eigenvalue weighted by molar-refractivity contribution is 5.87. The monoisotopic (exact) mass is 493 g/mol. The van der Waals surface area contributed by atoms with Crippen molar-refractivity contribution in [3.63, 3.8) is 0 Å². The number of nitrogens with one attached hydrogen (secondary N) is 3. The predicted molar refractivity (Wildman–Crippen MR) is 116 cm³/mol. The molecule has 0 aliphatic heterocycles. The average Bonchev–Trinajstić information content (AvgIpc) is 3.12. The van der Waals surface area contributed by atoms with Gasteiger partial charge in [-0.1, -0.05) is 48.5 Å². The number of amides is 3. The molecule has 1 atom stereocenters. The molecule has 12 heteroatoms. The molecule has 9 nitrogen and oxygen atoms in total. The molecule has 186 valence electrons. The van der Waals surface area contributed by atoms with Gasteiger partial charge in [0.2, 0.25) is 11.8 Å². The van der Waals surface area contributed by atoms with E-state index in [1.807, 2.05) is 53.8 Å². The number of carboxylic acids is 1. The number of benzene rings is 2. The third-order valence-electron chi connectivity index (χ3n) is 5.29. The van der Waals surface area contributed by atoms with E-state index in [4.69, 9.17) is 9.84 Å². The Morgan fingerprint density at radius 1 is 0.886 bits per heavy atom. The molecule has 3 rings (SSSR count). The predicted octanol–water partition coefficient (Wildman–Crippen LogP) is 2.16. The van der Waals surface area contributed by atoms with Gasteiger partial charge in [0.15, 0.2) is 0 Å². The van der Waals surface area contributed by atoms with Crippen LogP contribution in [0.2, 0.25) is 0 Å². The Morgan fingerprint density at radius 2 is 1.43 bits per heavy atom. The van der Waals surface area contributed by atoms with Gasteiger partial charge in [0, 0.05) is 5.92 Å². The largest absolute Gasteiger partial charge is 0.481 e. The summed E-state index contributed by atoms with van der Waals surface area (Å²) in [5.41, 5.74) is 4.10. The minimum absolute atomic E-state index is 0.0201. The van der Waals surface area contributed by atoms with Crippen molar-refractivity contribution in [1.29, 1.82) is 0 Å². The van der Waals surface area contributed by atoms with Crippen molar-refractivity contribution in [2.75, 3.05) is 19.7 Å². The minimum Gasteiger partial charge on any atom is -0.481 e. The van der Waals surface area contributed by atoms with Crippen LogP contribution < -0.4 is 16.0 Å². The quantitative estimate of drug-likeness (QED) is 0.423. The summed E-state index contributed by atoms with van der Waals surface area (Å²) in [4.78, 5) is 46.1. The lowest BCUT2D eigenvalue weighted by Gasteiger charge is -2.20. The van der Waals surface area contributed by atoms with Gasteiger partial charge in [-0.25, -0.2) is 4.79 Å². The van der Waals surface area contributed by atoms with Gasteiger partial charge >= 0.3 is 18.2 Å². The molecule has 0 radical (unpaired) electrons. The Bertz CT molecular complexity index is 1080. The second kappa shape index (κ2) is 10.9. The second-order valence-electron chi connectivity index (χ2n) is 7.72. The smallest absolute Gasteiger partial charge is 0.409 e. The van der Waals surface area contributed by atoms with Gasteiger partial charge < -0.3 is 25.8 Å². The molecule has 0 bridgehead atoms. The van der Waals surface area contributed by atoms with E-state index in [1.54, 1.807) is 0 Å². The third kappa shape index (κ3) is 6.71. The number of carbonyl (C=O) groups is 4. The zero-order chi connectivity index (χ0) is 25.6. The fourth-order valence-corrected chi connectivity index (χ4v) is 3.71. The van der Waals surface area contributed by atoms with Crippen LogP contribution in [0.4, 0.5) is 18.0 Å². The highest BCUT2D eigenvalue weighted by atomic mass is 19.4. The Kier molecular flexibility index (Phi) is 7.94. The van der Waals surface area contributed by atoms with Crippen molar-refractivity contribution in [2.45, 2.75) is 24.6 Å². The molecule has 0 saturated carbocycles. The van der Waals surface area contributed by atoms with Crippen LogP contribution >= 0.6 is 0 Å². The van der Waals surface area contributed by atoms with Gasteiger partial charge in [-0.2, -0.15) is 13.2 Å². The molecule has 0 aromatic heterocycles. The van der Waals surface area contributed by atoms with Crippen molar-refractivity contribution >= 4 is 23.9 Å². The SMILES string of the molecule is O=C(O)CC(NC(=O)CNC(=O)CNC(=O)OCC1c2ccccc2-c2ccccc21)C(F)(F)F. The first kappa shape index (κ1) is 25.5. The topological polar surface area (TPSA) is 134 Å². The second-order valence-corrected chi connectivity index (χ2v) is 7.72. The van der Waals surface area contributed by atoms with Crippen LogP contribution in [0.3, 0.4) is 0 Å². The molecule has 0 saturated heterocycles. The number of hydrogen-bond acceptors (Lipinski definition) is 5. The van der Waals surface area contributed by atoms with E-state index in [0.29, 0.717) is 0 Å². The minimum atomic E-state index is -4.97. The van der Waals surface area contributed by atoms with Gasteiger partial charge in [0.1, 0.15) is 19.2 Å². The molecular weight excluding hydrogens is 471 g/mol. The normalized spacial score (nSPS) is 13.2. The number of alkyl carbamates (subject to hydrolysis) is 1. The van der Waals surface area contributed by atoms with Crippen LogP contribution in [0.25, 0.3) is 11.1 Å². The molecule has 35 heavy (non-hydrogen) atoms. The summed E-state index contributed by atoms with van der Waals surface area (Å²) >= 11 is 0. The molecule has 4 N–H and O–H groups in total. The summed E-state index contributed by atoms with van der Waals surface area (Å²) in [5, 5.41) is 14.3. The summed E-state index contributed by atoms with van der Waals surface area (Å²) in [5.74, 6) is -4.01. The first-order chi connectivity index (χ1) is 16.6. The van der Waals surface area contributed by atoms with E-state index < -0.39 is 55.6 Å². The molecule has 1 unspecified atom stereocenters. The number of aliphatic carboxylic acids is 1. The number of rotatable bonds is 9. The van der Waals surface area contributed by atoms with Gasteiger partial charge in [-0.3, -0.25) is 14.4 Å². The maximum Gasteiger partial charge on any atom is 0.409 e. The van der Waals surface area contributed by atoms with E-state index in [-0.39, 0.29) is 12.5 Å². The molecule has 0 heterocycles. The molecule has 2 aromatic rings. The summed E-state index contributed by atoms with van der Waals surface area (Å²) in [6.07, 6.45) is -7.21. The molecule has 1 aliphatic rings. The van der Waals surface area contributed by atoms with Gasteiger partial charge in [-0.15, -0.1) is 0 Å². The molecular formula is C23H22F3N3O6. The van der Waals surface area contributed by atoms with Gasteiger partial charge in [0.05, 0.1) is 13.0 Å². The van der Waals surface area contributed by atoms with Crippen molar-refractivity contribution in [2.24, 2.45) is 0 Å². The van der Waals surface area contributed by atoms with Crippen LogP contribution in [0.1, 0.15) is 23.5 Å². The summed E-state index contributed by atoms with van der Waals surface area (Å²) in [6.45, 7) is -1.40. The van der Waals surface area contributed by atoms with E-state index in [0.717, 1.165) is 22.3 Å². The molecule has 3 amide bonds. The van der Waals surface area contributed by atoms with Crippen LogP contribution in [-0.4, -0.2) is 60.9 Å². The molecule has 0 spiro atoms. The van der Waals surface area contributed by atoms with Crippen molar-refractivity contribution in [1.82, 2.24) is 16.0 Å². The van der Waals surface area contributed by atoms with Crippen LogP contribution in [0.5, 0.6) is 0 Å². The van der Waals surface area contributed by atoms with Crippen LogP contribution in [0.15, 0.2) is 48.5 Å². The fraction of sp³-hybridized carbons (Fsp3) is 0.304. The summed E-state index contributed by atoms with van der Waals surface area (Å²) < 4.78 is 43.6. The summed E-state index contributed by atoms with van der Waals surface area (Å²) in [7, 11) is 0. The fourth-order valence-electron chi connectivity index (χ4n) is 3.71. The number of fused-ring (bicyclic) bond motifs is 3. The Morgan fingerprint density at radius 3 is 1.97 bits per heavy atom. The van der Waals surface area contributed by atoms with E-state index in [2.05, 4.69) is 5.32 Å². The van der Waals surface area contributed by atoms with E-state index >= 15 is 0 Å². The summed E-state index contributed by atoms with van der Waals surface area (Å²) in [6, 6.07) is 12.9. The Hall–Kier alpha value is -4.09. The Labute approximate surface area is 197 Å². The van der Waals surface area contributed by atoms with Gasteiger partial charge in [0.25, 0.3) is 0 Å². The van der Waals surface area contributed by atoms with Gasteiger partial charge in [-0.05, 0) is 22.3 Å². The average molecular weight is 493 g/mol. The van der Waals surface area contributed by atoms with E-state index in [9.17, 15) is 32.3 Å². The Balaban J connectivity index is 1.43.